The number of fused-ring (bicyclic) bond motifs is 1. The molecule has 1 atom stereocenters. The van der Waals surface area contributed by atoms with Crippen LogP contribution in [0.4, 0.5) is 10.1 Å². The zero-order valence-electron chi connectivity index (χ0n) is 14.1. The summed E-state index contributed by atoms with van der Waals surface area (Å²) >= 11 is 0. The van der Waals surface area contributed by atoms with Crippen LogP contribution in [0, 0.1) is 18.7 Å². The number of aromatic amines is 1. The predicted octanol–water partition coefficient (Wildman–Crippen LogP) is 3.79. The van der Waals surface area contributed by atoms with Crippen molar-refractivity contribution in [1.82, 2.24) is 4.98 Å². The number of pyridine rings is 1. The number of anilines is 1. The summed E-state index contributed by atoms with van der Waals surface area (Å²) in [4.78, 5) is 26.9. The monoisotopic (exact) mass is 338 g/mol. The van der Waals surface area contributed by atoms with Crippen molar-refractivity contribution >= 4 is 22.5 Å². The summed E-state index contributed by atoms with van der Waals surface area (Å²) in [5.74, 6) is -0.887. The van der Waals surface area contributed by atoms with Crippen LogP contribution in [0.25, 0.3) is 10.9 Å². The van der Waals surface area contributed by atoms with E-state index in [9.17, 15) is 14.0 Å². The van der Waals surface area contributed by atoms with Crippen molar-refractivity contribution in [2.75, 3.05) is 5.32 Å². The van der Waals surface area contributed by atoms with Crippen LogP contribution in [0.5, 0.6) is 0 Å². The van der Waals surface area contributed by atoms with Crippen molar-refractivity contribution in [3.63, 3.8) is 0 Å². The molecule has 1 unspecified atom stereocenters. The minimum atomic E-state index is -0.385. The lowest BCUT2D eigenvalue weighted by molar-refractivity contribution is -0.119. The van der Waals surface area contributed by atoms with Gasteiger partial charge in [0.2, 0.25) is 5.91 Å². The van der Waals surface area contributed by atoms with Gasteiger partial charge in [-0.2, -0.15) is 0 Å². The number of H-pyrrole nitrogens is 1. The molecule has 0 saturated heterocycles. The highest BCUT2D eigenvalue weighted by Gasteiger charge is 2.16. The van der Waals surface area contributed by atoms with Gasteiger partial charge in [-0.3, -0.25) is 9.59 Å². The van der Waals surface area contributed by atoms with Crippen LogP contribution >= 0.6 is 0 Å². The van der Waals surface area contributed by atoms with E-state index < -0.39 is 0 Å². The Hall–Kier alpha value is -2.95. The third kappa shape index (κ3) is 3.76. The van der Waals surface area contributed by atoms with Crippen LogP contribution in [0.15, 0.2) is 53.3 Å². The van der Waals surface area contributed by atoms with Crippen LogP contribution in [0.1, 0.15) is 18.1 Å². The molecule has 0 fully saturated rings. The molecule has 1 amide bonds. The second-order valence-corrected chi connectivity index (χ2v) is 6.27. The van der Waals surface area contributed by atoms with Gasteiger partial charge in [0.1, 0.15) is 5.82 Å². The highest BCUT2D eigenvalue weighted by atomic mass is 19.1. The molecule has 3 rings (SSSR count). The number of rotatable bonds is 4. The molecule has 0 bridgehead atoms. The molecule has 0 radical (unpaired) electrons. The first-order valence-corrected chi connectivity index (χ1v) is 8.12. The Labute approximate surface area is 144 Å². The Morgan fingerprint density at radius 2 is 1.96 bits per heavy atom. The number of carbonyl (C=O) groups is 1. The van der Waals surface area contributed by atoms with Gasteiger partial charge in [0.25, 0.3) is 5.56 Å². The second kappa shape index (κ2) is 6.89. The quantitative estimate of drug-likeness (QED) is 0.760. The Kier molecular flexibility index (Phi) is 4.65. The van der Waals surface area contributed by atoms with E-state index in [4.69, 9.17) is 0 Å². The number of halogens is 1. The number of nitrogens with one attached hydrogen (secondary N) is 2. The third-order valence-electron chi connectivity index (χ3n) is 4.23. The summed E-state index contributed by atoms with van der Waals surface area (Å²) in [6.45, 7) is 3.51. The number of hydrogen-bond acceptors (Lipinski definition) is 2. The summed E-state index contributed by atoms with van der Waals surface area (Å²) in [7, 11) is 0. The van der Waals surface area contributed by atoms with E-state index in [1.54, 1.807) is 50.2 Å². The van der Waals surface area contributed by atoms with Gasteiger partial charge in [-0.25, -0.2) is 4.39 Å². The first kappa shape index (κ1) is 16.9. The number of carbonyl (C=O) groups excluding carboxylic acids is 1. The average molecular weight is 338 g/mol. The minimum absolute atomic E-state index is 0.149. The van der Waals surface area contributed by atoms with Gasteiger partial charge in [0, 0.05) is 17.2 Å². The number of amides is 1. The summed E-state index contributed by atoms with van der Waals surface area (Å²) in [6, 6.07) is 13.6. The van der Waals surface area contributed by atoms with Crippen molar-refractivity contribution in [2.24, 2.45) is 5.92 Å². The van der Waals surface area contributed by atoms with E-state index in [2.05, 4.69) is 10.3 Å². The number of aryl methyl sites for hydroxylation is 1. The van der Waals surface area contributed by atoms with Gasteiger partial charge in [0.15, 0.2) is 0 Å². The van der Waals surface area contributed by atoms with Crippen LogP contribution < -0.4 is 10.9 Å². The zero-order chi connectivity index (χ0) is 18.0. The van der Waals surface area contributed by atoms with Crippen LogP contribution in [-0.2, 0) is 11.2 Å². The zero-order valence-corrected chi connectivity index (χ0v) is 14.1. The molecule has 2 aromatic carbocycles. The van der Waals surface area contributed by atoms with Crippen molar-refractivity contribution in [3.05, 3.63) is 75.8 Å². The topological polar surface area (TPSA) is 62.0 Å². The molecule has 1 heterocycles. The van der Waals surface area contributed by atoms with Crippen LogP contribution in [0.2, 0.25) is 0 Å². The molecule has 0 aliphatic heterocycles. The molecule has 4 nitrogen and oxygen atoms in total. The second-order valence-electron chi connectivity index (χ2n) is 6.27. The van der Waals surface area contributed by atoms with Gasteiger partial charge in [-0.05, 0) is 48.6 Å². The van der Waals surface area contributed by atoms with Gasteiger partial charge in [0.05, 0.1) is 5.52 Å². The molecule has 0 spiro atoms. The molecule has 0 aliphatic carbocycles. The lowest BCUT2D eigenvalue weighted by Crippen LogP contribution is -2.22. The predicted molar refractivity (Wildman–Crippen MR) is 97.2 cm³/mol. The fraction of sp³-hybridized carbons (Fsp3) is 0.200. The Morgan fingerprint density at radius 3 is 2.72 bits per heavy atom. The summed E-state index contributed by atoms with van der Waals surface area (Å²) in [5.41, 5.74) is 2.27. The lowest BCUT2D eigenvalue weighted by atomic mass is 10.00. The number of aromatic nitrogens is 1. The maximum absolute atomic E-state index is 13.7. The van der Waals surface area contributed by atoms with E-state index in [1.807, 2.05) is 6.07 Å². The molecule has 5 heteroatoms. The van der Waals surface area contributed by atoms with Gasteiger partial charge in [-0.15, -0.1) is 0 Å². The van der Waals surface area contributed by atoms with E-state index in [-0.39, 0.29) is 23.2 Å². The summed E-state index contributed by atoms with van der Waals surface area (Å²) in [6.07, 6.45) is 0.322. The fourth-order valence-electron chi connectivity index (χ4n) is 2.74. The summed E-state index contributed by atoms with van der Waals surface area (Å²) < 4.78 is 13.7. The molecule has 25 heavy (non-hydrogen) atoms. The van der Waals surface area contributed by atoms with E-state index in [1.165, 1.54) is 6.07 Å². The number of hydrogen-bond donors (Lipinski definition) is 2. The Morgan fingerprint density at radius 1 is 1.20 bits per heavy atom. The van der Waals surface area contributed by atoms with Crippen molar-refractivity contribution in [1.29, 1.82) is 0 Å². The highest BCUT2D eigenvalue weighted by molar-refractivity contribution is 5.94. The Balaban J connectivity index is 1.76. The van der Waals surface area contributed by atoms with Crippen molar-refractivity contribution in [2.45, 2.75) is 20.3 Å². The SMILES string of the molecule is Cc1cc2ccc(NC(=O)C(C)Cc3ccccc3F)cc2[nH]c1=O. The standard InChI is InChI=1S/C20H19FN2O2/c1-12(9-14-5-3-4-6-17(14)21)19(24)22-16-8-7-15-10-13(2)20(25)23-18(15)11-16/h3-8,10-12H,9H2,1-2H3,(H,22,24)(H,23,25). The van der Waals surface area contributed by atoms with Crippen LogP contribution in [0.3, 0.4) is 0 Å². The van der Waals surface area contributed by atoms with E-state index in [0.717, 1.165) is 5.39 Å². The maximum Gasteiger partial charge on any atom is 0.251 e. The molecule has 3 aromatic rings. The smallest absolute Gasteiger partial charge is 0.251 e. The third-order valence-corrected chi connectivity index (χ3v) is 4.23. The molecular weight excluding hydrogens is 319 g/mol. The molecule has 0 aliphatic rings. The first-order chi connectivity index (χ1) is 11.9. The average Bonchev–Trinajstić information content (AvgIpc) is 2.58. The maximum atomic E-state index is 13.7. The molecular formula is C20H19FN2O2. The highest BCUT2D eigenvalue weighted by Crippen LogP contribution is 2.19. The molecule has 128 valence electrons. The minimum Gasteiger partial charge on any atom is -0.326 e. The van der Waals surface area contributed by atoms with Gasteiger partial charge in [-0.1, -0.05) is 31.2 Å². The van der Waals surface area contributed by atoms with Gasteiger partial charge < -0.3 is 10.3 Å². The first-order valence-electron chi connectivity index (χ1n) is 8.12. The normalized spacial score (nSPS) is 12.1. The lowest BCUT2D eigenvalue weighted by Gasteiger charge is -2.13. The van der Waals surface area contributed by atoms with E-state index in [0.29, 0.717) is 28.8 Å². The van der Waals surface area contributed by atoms with Crippen molar-refractivity contribution < 1.29 is 9.18 Å². The van der Waals surface area contributed by atoms with Crippen LogP contribution in [-0.4, -0.2) is 10.9 Å². The number of benzene rings is 2. The molecule has 0 saturated carbocycles. The Bertz CT molecular complexity index is 994. The van der Waals surface area contributed by atoms with E-state index >= 15 is 0 Å². The summed E-state index contributed by atoms with van der Waals surface area (Å²) in [5, 5.41) is 3.72. The fourth-order valence-corrected chi connectivity index (χ4v) is 2.74. The molecule has 2 N–H and O–H groups in total. The van der Waals surface area contributed by atoms with Gasteiger partial charge >= 0.3 is 0 Å². The van der Waals surface area contributed by atoms with Crippen molar-refractivity contribution in [3.8, 4) is 0 Å². The molecule has 1 aromatic heterocycles. The largest absolute Gasteiger partial charge is 0.326 e.